The average Bonchev–Trinajstić information content (AvgIpc) is 2.57. The van der Waals surface area contributed by atoms with Crippen LogP contribution in [0.4, 0.5) is 0 Å². The number of benzene rings is 1. The third-order valence-electron chi connectivity index (χ3n) is 4.33. The molecule has 5 nitrogen and oxygen atoms in total. The van der Waals surface area contributed by atoms with Gasteiger partial charge < -0.3 is 20.1 Å². The second-order valence-corrected chi connectivity index (χ2v) is 6.12. The van der Waals surface area contributed by atoms with Crippen LogP contribution in [0.5, 0.6) is 11.5 Å². The van der Waals surface area contributed by atoms with Gasteiger partial charge in [-0.2, -0.15) is 0 Å². The summed E-state index contributed by atoms with van der Waals surface area (Å²) in [7, 11) is 1.59. The van der Waals surface area contributed by atoms with Gasteiger partial charge in [-0.3, -0.25) is 4.79 Å². The van der Waals surface area contributed by atoms with E-state index in [4.69, 9.17) is 9.47 Å². The van der Waals surface area contributed by atoms with E-state index in [-0.39, 0.29) is 11.9 Å². The highest BCUT2D eigenvalue weighted by Gasteiger charge is 2.23. The SMILES string of the molecule is CCCCOc1ccc(C(=O)NC2CNCCC2C)cc1OC. The van der Waals surface area contributed by atoms with E-state index in [1.54, 1.807) is 19.2 Å². The van der Waals surface area contributed by atoms with E-state index in [0.717, 1.165) is 32.4 Å². The number of carbonyl (C=O) groups excluding carboxylic acids is 1. The first-order chi connectivity index (χ1) is 11.2. The Hall–Kier alpha value is -1.75. The Labute approximate surface area is 138 Å². The van der Waals surface area contributed by atoms with Crippen molar-refractivity contribution in [2.45, 2.75) is 39.2 Å². The Bertz CT molecular complexity index is 519. The molecule has 0 saturated carbocycles. The number of hydrogen-bond donors (Lipinski definition) is 2. The number of rotatable bonds is 7. The molecule has 0 aliphatic carbocycles. The maximum Gasteiger partial charge on any atom is 0.251 e. The molecule has 2 rings (SSSR count). The minimum atomic E-state index is -0.0658. The molecule has 1 fully saturated rings. The van der Waals surface area contributed by atoms with Crippen LogP contribution in [0.1, 0.15) is 43.5 Å². The predicted octanol–water partition coefficient (Wildman–Crippen LogP) is 2.60. The first-order valence-corrected chi connectivity index (χ1v) is 8.48. The topological polar surface area (TPSA) is 59.6 Å². The molecule has 1 aromatic rings. The van der Waals surface area contributed by atoms with Crippen LogP contribution in [0, 0.1) is 5.92 Å². The van der Waals surface area contributed by atoms with Gasteiger partial charge in [0.05, 0.1) is 13.7 Å². The quantitative estimate of drug-likeness (QED) is 0.758. The second-order valence-electron chi connectivity index (χ2n) is 6.12. The summed E-state index contributed by atoms with van der Waals surface area (Å²) in [4.78, 5) is 12.5. The number of nitrogens with one attached hydrogen (secondary N) is 2. The van der Waals surface area contributed by atoms with Crippen LogP contribution in [-0.2, 0) is 0 Å². The Balaban J connectivity index is 2.02. The zero-order chi connectivity index (χ0) is 16.7. The van der Waals surface area contributed by atoms with E-state index in [9.17, 15) is 4.79 Å². The number of amides is 1. The summed E-state index contributed by atoms with van der Waals surface area (Å²) in [6, 6.07) is 5.52. The first kappa shape index (κ1) is 17.6. The summed E-state index contributed by atoms with van der Waals surface area (Å²) in [5.41, 5.74) is 0.600. The highest BCUT2D eigenvalue weighted by molar-refractivity contribution is 5.95. The molecule has 0 aromatic heterocycles. The van der Waals surface area contributed by atoms with Crippen molar-refractivity contribution in [3.8, 4) is 11.5 Å². The van der Waals surface area contributed by atoms with Crippen LogP contribution < -0.4 is 20.1 Å². The van der Waals surface area contributed by atoms with E-state index in [1.807, 2.05) is 6.07 Å². The van der Waals surface area contributed by atoms with Crippen molar-refractivity contribution in [2.24, 2.45) is 5.92 Å². The molecular weight excluding hydrogens is 292 g/mol. The normalized spacial score (nSPS) is 20.8. The summed E-state index contributed by atoms with van der Waals surface area (Å²) in [5, 5.41) is 6.43. The lowest BCUT2D eigenvalue weighted by Crippen LogP contribution is -2.50. The van der Waals surface area contributed by atoms with Gasteiger partial charge in [0.15, 0.2) is 11.5 Å². The Morgan fingerprint density at radius 3 is 2.91 bits per heavy atom. The molecule has 2 unspecified atom stereocenters. The lowest BCUT2D eigenvalue weighted by molar-refractivity contribution is 0.0915. The Morgan fingerprint density at radius 1 is 1.39 bits per heavy atom. The van der Waals surface area contributed by atoms with Crippen LogP contribution in [-0.4, -0.2) is 38.8 Å². The molecule has 0 bridgehead atoms. The minimum absolute atomic E-state index is 0.0658. The fourth-order valence-corrected chi connectivity index (χ4v) is 2.69. The maximum absolute atomic E-state index is 12.5. The molecule has 1 aliphatic rings. The van der Waals surface area contributed by atoms with Crippen molar-refractivity contribution in [1.29, 1.82) is 0 Å². The molecule has 5 heteroatoms. The number of carbonyl (C=O) groups is 1. The minimum Gasteiger partial charge on any atom is -0.493 e. The molecule has 1 saturated heterocycles. The summed E-state index contributed by atoms with van der Waals surface area (Å²) in [6.07, 6.45) is 3.16. The van der Waals surface area contributed by atoms with Gasteiger partial charge in [0.25, 0.3) is 5.91 Å². The number of methoxy groups -OCH3 is 1. The third-order valence-corrected chi connectivity index (χ3v) is 4.33. The van der Waals surface area contributed by atoms with Gasteiger partial charge in [-0.05, 0) is 43.5 Å². The van der Waals surface area contributed by atoms with Crippen molar-refractivity contribution >= 4 is 5.91 Å². The monoisotopic (exact) mass is 320 g/mol. The summed E-state index contributed by atoms with van der Waals surface area (Å²) in [5.74, 6) is 1.71. The Kier molecular flexibility index (Phi) is 6.71. The van der Waals surface area contributed by atoms with Crippen LogP contribution in [0.2, 0.25) is 0 Å². The van der Waals surface area contributed by atoms with Crippen molar-refractivity contribution < 1.29 is 14.3 Å². The Morgan fingerprint density at radius 2 is 2.22 bits per heavy atom. The van der Waals surface area contributed by atoms with Crippen molar-refractivity contribution in [2.75, 3.05) is 26.8 Å². The van der Waals surface area contributed by atoms with Gasteiger partial charge in [-0.25, -0.2) is 0 Å². The fraction of sp³-hybridized carbons (Fsp3) is 0.611. The highest BCUT2D eigenvalue weighted by Crippen LogP contribution is 2.28. The van der Waals surface area contributed by atoms with E-state index in [0.29, 0.717) is 29.6 Å². The smallest absolute Gasteiger partial charge is 0.251 e. The molecule has 0 radical (unpaired) electrons. The van der Waals surface area contributed by atoms with Crippen LogP contribution in [0.3, 0.4) is 0 Å². The number of hydrogen-bond acceptors (Lipinski definition) is 4. The van der Waals surface area contributed by atoms with Crippen molar-refractivity contribution in [3.63, 3.8) is 0 Å². The number of piperidine rings is 1. The highest BCUT2D eigenvalue weighted by atomic mass is 16.5. The second kappa shape index (κ2) is 8.77. The van der Waals surface area contributed by atoms with Gasteiger partial charge in [0.2, 0.25) is 0 Å². The van der Waals surface area contributed by atoms with Crippen molar-refractivity contribution in [3.05, 3.63) is 23.8 Å². The molecule has 1 aromatic carbocycles. The maximum atomic E-state index is 12.5. The van der Waals surface area contributed by atoms with Gasteiger partial charge in [-0.1, -0.05) is 20.3 Å². The zero-order valence-electron chi connectivity index (χ0n) is 14.4. The van der Waals surface area contributed by atoms with Crippen LogP contribution in [0.15, 0.2) is 18.2 Å². The average molecular weight is 320 g/mol. The molecule has 128 valence electrons. The summed E-state index contributed by atoms with van der Waals surface area (Å²) >= 11 is 0. The molecule has 0 spiro atoms. The van der Waals surface area contributed by atoms with Gasteiger partial charge in [0, 0.05) is 18.2 Å². The van der Waals surface area contributed by atoms with Gasteiger partial charge >= 0.3 is 0 Å². The van der Waals surface area contributed by atoms with Crippen LogP contribution in [0.25, 0.3) is 0 Å². The van der Waals surface area contributed by atoms with E-state index >= 15 is 0 Å². The first-order valence-electron chi connectivity index (χ1n) is 8.48. The molecule has 1 aliphatic heterocycles. The number of ether oxygens (including phenoxy) is 2. The molecular formula is C18H28N2O3. The van der Waals surface area contributed by atoms with E-state index in [2.05, 4.69) is 24.5 Å². The standard InChI is InChI=1S/C18H28N2O3/c1-4-5-10-23-16-7-6-14(11-17(16)22-3)18(21)20-15-12-19-9-8-13(15)2/h6-7,11,13,15,19H,4-5,8-10,12H2,1-3H3,(H,20,21). The summed E-state index contributed by atoms with van der Waals surface area (Å²) < 4.78 is 11.1. The van der Waals surface area contributed by atoms with E-state index in [1.165, 1.54) is 0 Å². The lowest BCUT2D eigenvalue weighted by Gasteiger charge is -2.30. The van der Waals surface area contributed by atoms with Crippen LogP contribution >= 0.6 is 0 Å². The summed E-state index contributed by atoms with van der Waals surface area (Å²) in [6.45, 7) is 6.79. The van der Waals surface area contributed by atoms with Gasteiger partial charge in [-0.15, -0.1) is 0 Å². The molecule has 2 atom stereocenters. The van der Waals surface area contributed by atoms with Gasteiger partial charge in [0.1, 0.15) is 0 Å². The fourth-order valence-electron chi connectivity index (χ4n) is 2.69. The zero-order valence-corrected chi connectivity index (χ0v) is 14.4. The molecule has 1 heterocycles. The largest absolute Gasteiger partial charge is 0.493 e. The third kappa shape index (κ3) is 4.86. The van der Waals surface area contributed by atoms with E-state index < -0.39 is 0 Å². The van der Waals surface area contributed by atoms with Crippen molar-refractivity contribution in [1.82, 2.24) is 10.6 Å². The molecule has 23 heavy (non-hydrogen) atoms. The predicted molar refractivity (Wildman–Crippen MR) is 91.3 cm³/mol. The number of unbranched alkanes of at least 4 members (excludes halogenated alkanes) is 1. The lowest BCUT2D eigenvalue weighted by atomic mass is 9.94. The molecule has 2 N–H and O–H groups in total. The molecule has 1 amide bonds.